The standard InChI is InChI=1S/C61H114O6/c1-4-7-10-13-16-19-22-25-27-28-29-30-31-32-34-37-40-43-46-49-52-55-61(64)67-58(56-65-59(62)53-50-47-44-41-38-35-24-21-18-15-12-9-6-3)57-66-60(63)54-51-48-45-42-39-36-33-26-23-20-17-14-11-8-5-2/h17,20,26,33,58H,4-16,18-19,21-25,27-32,34-57H2,1-3H3/b20-17-,33-26-/t58-/m0/s1. The first-order chi connectivity index (χ1) is 33.0. The molecule has 0 fully saturated rings. The highest BCUT2D eigenvalue weighted by Crippen LogP contribution is 2.17. The highest BCUT2D eigenvalue weighted by Gasteiger charge is 2.19. The molecule has 1 atom stereocenters. The molecule has 0 unspecified atom stereocenters. The van der Waals surface area contributed by atoms with E-state index in [4.69, 9.17) is 14.2 Å². The molecule has 0 aromatic heterocycles. The Labute approximate surface area is 417 Å². The summed E-state index contributed by atoms with van der Waals surface area (Å²) in [6, 6.07) is 0. The summed E-state index contributed by atoms with van der Waals surface area (Å²) < 4.78 is 16.9. The van der Waals surface area contributed by atoms with E-state index in [1.807, 2.05) is 0 Å². The average Bonchev–Trinajstić information content (AvgIpc) is 3.33. The predicted molar refractivity (Wildman–Crippen MR) is 289 cm³/mol. The Bertz CT molecular complexity index is 1080. The minimum Gasteiger partial charge on any atom is -0.462 e. The molecule has 0 aliphatic heterocycles. The molecule has 6 heteroatoms. The molecule has 0 aliphatic carbocycles. The van der Waals surface area contributed by atoms with Gasteiger partial charge in [-0.1, -0.05) is 283 Å². The van der Waals surface area contributed by atoms with Crippen LogP contribution in [0.2, 0.25) is 0 Å². The molecule has 0 saturated carbocycles. The van der Waals surface area contributed by atoms with E-state index in [0.29, 0.717) is 19.3 Å². The molecule has 0 aromatic rings. The molecule has 0 bridgehead atoms. The quantitative estimate of drug-likeness (QED) is 0.0262. The largest absolute Gasteiger partial charge is 0.462 e. The second-order valence-electron chi connectivity index (χ2n) is 20.3. The van der Waals surface area contributed by atoms with Gasteiger partial charge in [-0.15, -0.1) is 0 Å². The number of esters is 3. The van der Waals surface area contributed by atoms with Crippen LogP contribution >= 0.6 is 0 Å². The number of hydrogen-bond acceptors (Lipinski definition) is 6. The van der Waals surface area contributed by atoms with Gasteiger partial charge in [-0.05, 0) is 51.4 Å². The third kappa shape index (κ3) is 54.7. The van der Waals surface area contributed by atoms with Gasteiger partial charge < -0.3 is 14.2 Å². The van der Waals surface area contributed by atoms with Crippen molar-refractivity contribution in [3.8, 4) is 0 Å². The molecule has 0 heterocycles. The van der Waals surface area contributed by atoms with E-state index < -0.39 is 6.10 Å². The molecular formula is C61H114O6. The van der Waals surface area contributed by atoms with Gasteiger partial charge in [0.1, 0.15) is 13.2 Å². The second-order valence-corrected chi connectivity index (χ2v) is 20.3. The summed E-state index contributed by atoms with van der Waals surface area (Å²) >= 11 is 0. The fourth-order valence-corrected chi connectivity index (χ4v) is 8.95. The number of ether oxygens (including phenoxy) is 3. The summed E-state index contributed by atoms with van der Waals surface area (Å²) in [6.45, 7) is 6.66. The van der Waals surface area contributed by atoms with Gasteiger partial charge in [0.05, 0.1) is 0 Å². The molecule has 0 amide bonds. The van der Waals surface area contributed by atoms with E-state index in [1.54, 1.807) is 0 Å². The Morgan fingerprint density at radius 3 is 0.851 bits per heavy atom. The normalized spacial score (nSPS) is 12.1. The lowest BCUT2D eigenvalue weighted by Gasteiger charge is -2.18. The smallest absolute Gasteiger partial charge is 0.306 e. The van der Waals surface area contributed by atoms with Crippen LogP contribution in [0.25, 0.3) is 0 Å². The second kappa shape index (κ2) is 56.5. The first-order valence-electron chi connectivity index (χ1n) is 29.8. The molecule has 67 heavy (non-hydrogen) atoms. The van der Waals surface area contributed by atoms with Gasteiger partial charge in [0.2, 0.25) is 0 Å². The molecule has 0 radical (unpaired) electrons. The van der Waals surface area contributed by atoms with Crippen LogP contribution in [0.1, 0.15) is 329 Å². The van der Waals surface area contributed by atoms with Crippen molar-refractivity contribution in [2.24, 2.45) is 0 Å². The van der Waals surface area contributed by atoms with Crippen molar-refractivity contribution in [1.82, 2.24) is 0 Å². The van der Waals surface area contributed by atoms with Gasteiger partial charge in [-0.25, -0.2) is 0 Å². The molecule has 0 saturated heterocycles. The van der Waals surface area contributed by atoms with Gasteiger partial charge >= 0.3 is 17.9 Å². The van der Waals surface area contributed by atoms with E-state index in [0.717, 1.165) is 77.0 Å². The third-order valence-electron chi connectivity index (χ3n) is 13.5. The van der Waals surface area contributed by atoms with Crippen molar-refractivity contribution >= 4 is 17.9 Å². The minimum absolute atomic E-state index is 0.0701. The Morgan fingerprint density at radius 1 is 0.299 bits per heavy atom. The molecule has 0 spiro atoms. The van der Waals surface area contributed by atoms with Gasteiger partial charge in [0.25, 0.3) is 0 Å². The molecule has 0 aromatic carbocycles. The third-order valence-corrected chi connectivity index (χ3v) is 13.5. The van der Waals surface area contributed by atoms with Crippen LogP contribution in [0.4, 0.5) is 0 Å². The van der Waals surface area contributed by atoms with Crippen molar-refractivity contribution in [2.75, 3.05) is 13.2 Å². The van der Waals surface area contributed by atoms with Crippen LogP contribution in [0.5, 0.6) is 0 Å². The molecule has 394 valence electrons. The monoisotopic (exact) mass is 943 g/mol. The Morgan fingerprint density at radius 2 is 0.537 bits per heavy atom. The number of unbranched alkanes of at least 4 members (excludes halogenated alkanes) is 40. The SMILES string of the molecule is CCCCC/C=C\C/C=C\CCCCCCCC(=O)OC[C@H](COC(=O)CCCCCCCCCCCCCCC)OC(=O)CCCCCCCCCCCCCCCCCCCCCCC. The predicted octanol–water partition coefficient (Wildman–Crippen LogP) is 19.9. The lowest BCUT2D eigenvalue weighted by atomic mass is 10.0. The Kier molecular flexibility index (Phi) is 54.7. The summed E-state index contributed by atoms with van der Waals surface area (Å²) in [4.78, 5) is 38.2. The van der Waals surface area contributed by atoms with Crippen molar-refractivity contribution in [1.29, 1.82) is 0 Å². The van der Waals surface area contributed by atoms with E-state index in [9.17, 15) is 14.4 Å². The highest BCUT2D eigenvalue weighted by molar-refractivity contribution is 5.71. The van der Waals surface area contributed by atoms with Gasteiger partial charge in [0, 0.05) is 19.3 Å². The maximum absolute atomic E-state index is 12.9. The van der Waals surface area contributed by atoms with Crippen molar-refractivity contribution < 1.29 is 28.6 Å². The Balaban J connectivity index is 4.29. The molecular weight excluding hydrogens is 829 g/mol. The molecule has 6 nitrogen and oxygen atoms in total. The number of carbonyl (C=O) groups is 3. The zero-order chi connectivity index (χ0) is 48.6. The number of allylic oxidation sites excluding steroid dienone is 4. The fourth-order valence-electron chi connectivity index (χ4n) is 8.95. The average molecular weight is 944 g/mol. The van der Waals surface area contributed by atoms with Gasteiger partial charge in [0.15, 0.2) is 6.10 Å². The molecule has 0 N–H and O–H groups in total. The summed E-state index contributed by atoms with van der Waals surface area (Å²) in [5.74, 6) is -0.862. The lowest BCUT2D eigenvalue weighted by Crippen LogP contribution is -2.30. The Hall–Kier alpha value is -2.11. The van der Waals surface area contributed by atoms with Crippen molar-refractivity contribution in [3.63, 3.8) is 0 Å². The van der Waals surface area contributed by atoms with Crippen LogP contribution in [0.3, 0.4) is 0 Å². The van der Waals surface area contributed by atoms with Crippen LogP contribution in [0, 0.1) is 0 Å². The topological polar surface area (TPSA) is 78.9 Å². The van der Waals surface area contributed by atoms with Gasteiger partial charge in [-0.2, -0.15) is 0 Å². The number of rotatable bonds is 55. The summed E-state index contributed by atoms with van der Waals surface area (Å²) in [7, 11) is 0. The number of carbonyl (C=O) groups excluding carboxylic acids is 3. The number of hydrogen-bond donors (Lipinski definition) is 0. The van der Waals surface area contributed by atoms with Crippen LogP contribution in [0.15, 0.2) is 24.3 Å². The summed E-state index contributed by atoms with van der Waals surface area (Å²) in [5, 5.41) is 0. The first-order valence-corrected chi connectivity index (χ1v) is 29.8. The van der Waals surface area contributed by atoms with Crippen LogP contribution < -0.4 is 0 Å². The van der Waals surface area contributed by atoms with E-state index in [1.165, 1.54) is 212 Å². The van der Waals surface area contributed by atoms with E-state index in [-0.39, 0.29) is 31.1 Å². The fraction of sp³-hybridized carbons (Fsp3) is 0.885. The lowest BCUT2D eigenvalue weighted by molar-refractivity contribution is -0.167. The van der Waals surface area contributed by atoms with E-state index >= 15 is 0 Å². The minimum atomic E-state index is -0.772. The first kappa shape index (κ1) is 64.9. The van der Waals surface area contributed by atoms with Crippen molar-refractivity contribution in [2.45, 2.75) is 335 Å². The summed E-state index contributed by atoms with van der Waals surface area (Å²) in [5.41, 5.74) is 0. The summed E-state index contributed by atoms with van der Waals surface area (Å²) in [6.07, 6.45) is 66.0. The zero-order valence-electron chi connectivity index (χ0n) is 45.2. The molecule has 0 aliphatic rings. The van der Waals surface area contributed by atoms with Gasteiger partial charge in [-0.3, -0.25) is 14.4 Å². The van der Waals surface area contributed by atoms with Crippen LogP contribution in [-0.4, -0.2) is 37.2 Å². The highest BCUT2D eigenvalue weighted by atomic mass is 16.6. The maximum atomic E-state index is 12.9. The van der Waals surface area contributed by atoms with Crippen molar-refractivity contribution in [3.05, 3.63) is 24.3 Å². The molecule has 0 rings (SSSR count). The maximum Gasteiger partial charge on any atom is 0.306 e. The van der Waals surface area contributed by atoms with E-state index in [2.05, 4.69) is 45.1 Å². The van der Waals surface area contributed by atoms with Crippen LogP contribution in [-0.2, 0) is 28.6 Å². The zero-order valence-corrected chi connectivity index (χ0v) is 45.2.